The number of ether oxygens (including phenoxy) is 1. The largest absolute Gasteiger partial charge is 0.494 e. The van der Waals surface area contributed by atoms with Crippen molar-refractivity contribution in [2.75, 3.05) is 6.67 Å². The number of rotatable bonds is 3. The van der Waals surface area contributed by atoms with E-state index in [1.807, 2.05) is 27.7 Å². The molecular formula is C21H27BF2N2O6S. The second-order valence-electron chi connectivity index (χ2n) is 10.0. The van der Waals surface area contributed by atoms with E-state index < -0.39 is 68.2 Å². The summed E-state index contributed by atoms with van der Waals surface area (Å²) in [5.41, 5.74) is 2.55. The van der Waals surface area contributed by atoms with Gasteiger partial charge < -0.3 is 19.8 Å². The molecule has 3 aliphatic rings. The van der Waals surface area contributed by atoms with Gasteiger partial charge in [-0.25, -0.2) is 27.0 Å². The number of nitrogens with two attached hydrogens (primary N) is 1. The average molecular weight is 484 g/mol. The molecule has 3 aliphatic heterocycles. The lowest BCUT2D eigenvalue weighted by molar-refractivity contribution is 0.00578. The highest BCUT2D eigenvalue weighted by atomic mass is 32.2. The standard InChI is InChI=1S/C21H27BF2N2O6S/c1-18(2)19(3,4)32-22(31-18)12-6-7-14(24)13(10-12)20(5)15-8-9-21(11-23,33(15,28)29)16(26-20)30-17(25)27/h6-7,10,15H,8-9,11H2,1-5H3,(H2,25,27)/t15-,20+,21-/m0/s1. The van der Waals surface area contributed by atoms with E-state index in [1.54, 1.807) is 0 Å². The number of hydrogen-bond donors (Lipinski definition) is 1. The number of benzene rings is 1. The van der Waals surface area contributed by atoms with Crippen LogP contribution in [0.2, 0.25) is 0 Å². The molecule has 3 atom stereocenters. The van der Waals surface area contributed by atoms with Crippen LogP contribution in [0, 0.1) is 5.82 Å². The van der Waals surface area contributed by atoms with Gasteiger partial charge in [0.15, 0.2) is 14.6 Å². The van der Waals surface area contributed by atoms with E-state index in [1.165, 1.54) is 25.1 Å². The fourth-order valence-corrected chi connectivity index (χ4v) is 7.47. The van der Waals surface area contributed by atoms with Gasteiger partial charge in [-0.1, -0.05) is 12.1 Å². The summed E-state index contributed by atoms with van der Waals surface area (Å²) in [5.74, 6) is -1.36. The molecule has 0 aromatic heterocycles. The number of amides is 1. The van der Waals surface area contributed by atoms with Gasteiger partial charge in [0.1, 0.15) is 18.0 Å². The van der Waals surface area contributed by atoms with Crippen LogP contribution in [0.5, 0.6) is 0 Å². The summed E-state index contributed by atoms with van der Waals surface area (Å²) < 4.78 is 71.0. The number of alkyl halides is 1. The second kappa shape index (κ2) is 7.23. The van der Waals surface area contributed by atoms with E-state index in [9.17, 15) is 17.6 Å². The van der Waals surface area contributed by atoms with Crippen LogP contribution in [-0.4, -0.2) is 55.4 Å². The fourth-order valence-electron chi connectivity index (χ4n) is 4.83. The zero-order valence-electron chi connectivity index (χ0n) is 19.1. The number of hydrogen-bond acceptors (Lipinski definition) is 7. The van der Waals surface area contributed by atoms with Crippen molar-refractivity contribution in [2.45, 2.75) is 74.2 Å². The maximum atomic E-state index is 15.2. The summed E-state index contributed by atoms with van der Waals surface area (Å²) in [6.45, 7) is 7.60. The summed E-state index contributed by atoms with van der Waals surface area (Å²) in [6.07, 6.45) is -1.47. The minimum Gasteiger partial charge on any atom is -0.399 e. The Hall–Kier alpha value is -2.05. The number of carbonyl (C=O) groups excluding carboxylic acids is 1. The van der Waals surface area contributed by atoms with E-state index in [2.05, 4.69) is 4.99 Å². The molecule has 0 saturated carbocycles. The molecule has 1 aromatic carbocycles. The Kier molecular flexibility index (Phi) is 5.27. The van der Waals surface area contributed by atoms with Crippen molar-refractivity contribution < 1.29 is 36.0 Å². The van der Waals surface area contributed by atoms with E-state index in [0.29, 0.717) is 5.46 Å². The van der Waals surface area contributed by atoms with Crippen molar-refractivity contribution in [1.82, 2.24) is 0 Å². The molecule has 1 aromatic rings. The summed E-state index contributed by atoms with van der Waals surface area (Å²) in [4.78, 5) is 15.8. The summed E-state index contributed by atoms with van der Waals surface area (Å²) >= 11 is 0. The Balaban J connectivity index is 1.87. The van der Waals surface area contributed by atoms with Gasteiger partial charge >= 0.3 is 13.2 Å². The van der Waals surface area contributed by atoms with Crippen molar-refractivity contribution in [3.05, 3.63) is 29.6 Å². The lowest BCUT2D eigenvalue weighted by Crippen LogP contribution is -2.57. The van der Waals surface area contributed by atoms with Crippen molar-refractivity contribution in [3.63, 3.8) is 0 Å². The first kappa shape index (κ1) is 24.1. The number of carbonyl (C=O) groups is 1. The number of halogens is 2. The van der Waals surface area contributed by atoms with Crippen LogP contribution in [0.4, 0.5) is 13.6 Å². The summed E-state index contributed by atoms with van der Waals surface area (Å²) in [6, 6.07) is 4.12. The highest BCUT2D eigenvalue weighted by molar-refractivity contribution is 7.94. The van der Waals surface area contributed by atoms with E-state index in [0.717, 1.165) is 0 Å². The predicted molar refractivity (Wildman–Crippen MR) is 118 cm³/mol. The Bertz CT molecular complexity index is 1140. The molecule has 4 rings (SSSR count). The quantitative estimate of drug-likeness (QED) is 0.657. The molecule has 0 aliphatic carbocycles. The molecular weight excluding hydrogens is 457 g/mol. The van der Waals surface area contributed by atoms with Crippen LogP contribution >= 0.6 is 0 Å². The monoisotopic (exact) mass is 484 g/mol. The van der Waals surface area contributed by atoms with Crippen LogP contribution < -0.4 is 11.2 Å². The van der Waals surface area contributed by atoms with Gasteiger partial charge in [-0.2, -0.15) is 0 Å². The van der Waals surface area contributed by atoms with Crippen LogP contribution in [0.1, 0.15) is 53.0 Å². The third kappa shape index (κ3) is 3.24. The van der Waals surface area contributed by atoms with E-state index in [4.69, 9.17) is 19.8 Å². The number of primary amides is 1. The maximum Gasteiger partial charge on any atom is 0.494 e. The summed E-state index contributed by atoms with van der Waals surface area (Å²) in [7, 11) is -5.07. The minimum atomic E-state index is -4.24. The van der Waals surface area contributed by atoms with Crippen LogP contribution in [0.3, 0.4) is 0 Å². The third-order valence-corrected chi connectivity index (χ3v) is 10.6. The molecule has 0 spiro atoms. The second-order valence-corrected chi connectivity index (χ2v) is 12.5. The molecule has 0 unspecified atom stereocenters. The van der Waals surface area contributed by atoms with Crippen LogP contribution in [-0.2, 0) is 29.4 Å². The topological polar surface area (TPSA) is 117 Å². The smallest absolute Gasteiger partial charge is 0.399 e. The first-order valence-electron chi connectivity index (χ1n) is 10.6. The average Bonchev–Trinajstić information content (AvgIpc) is 3.02. The van der Waals surface area contributed by atoms with E-state index in [-0.39, 0.29) is 18.4 Å². The molecule has 3 heterocycles. The molecule has 0 radical (unpaired) electrons. The molecule has 2 fully saturated rings. The normalized spacial score (nSPS) is 33.6. The molecule has 1 amide bonds. The van der Waals surface area contributed by atoms with Gasteiger partial charge in [0.05, 0.1) is 16.5 Å². The number of sulfone groups is 1. The molecule has 33 heavy (non-hydrogen) atoms. The Labute approximate surface area is 191 Å². The first-order valence-corrected chi connectivity index (χ1v) is 12.2. The maximum absolute atomic E-state index is 15.2. The number of aliphatic imine (C=N–C) groups is 1. The SMILES string of the molecule is CC1(C)OB(c2ccc(F)c([C@@]3(C)N=C(OC(N)=O)[C@@]4(CF)CC[C@@H]3S4(=O)=O)c2)OC1(C)C. The predicted octanol–water partition coefficient (Wildman–Crippen LogP) is 2.13. The lowest BCUT2D eigenvalue weighted by atomic mass is 9.75. The van der Waals surface area contributed by atoms with Crippen molar-refractivity contribution in [3.8, 4) is 0 Å². The fraction of sp³-hybridized carbons (Fsp3) is 0.619. The minimum absolute atomic E-state index is 0.0119. The van der Waals surface area contributed by atoms with Crippen molar-refractivity contribution in [1.29, 1.82) is 0 Å². The number of nitrogens with zero attached hydrogens (tertiary/aromatic N) is 1. The Morgan fingerprint density at radius 1 is 1.24 bits per heavy atom. The van der Waals surface area contributed by atoms with Crippen molar-refractivity contribution >= 4 is 34.4 Å². The Morgan fingerprint density at radius 3 is 2.39 bits per heavy atom. The molecule has 8 nitrogen and oxygen atoms in total. The van der Waals surface area contributed by atoms with Gasteiger partial charge in [-0.15, -0.1) is 0 Å². The van der Waals surface area contributed by atoms with Gasteiger partial charge in [-0.05, 0) is 59.0 Å². The number of fused-ring (bicyclic) bond motifs is 2. The summed E-state index contributed by atoms with van der Waals surface area (Å²) in [5, 5.41) is -1.22. The third-order valence-electron chi connectivity index (χ3n) is 7.55. The molecule has 2 N–H and O–H groups in total. The van der Waals surface area contributed by atoms with Gasteiger partial charge in [0.25, 0.3) is 0 Å². The van der Waals surface area contributed by atoms with Crippen molar-refractivity contribution in [2.24, 2.45) is 10.7 Å². The van der Waals surface area contributed by atoms with E-state index >= 15 is 4.39 Å². The molecule has 12 heteroatoms. The van der Waals surface area contributed by atoms with Gasteiger partial charge in [-0.3, -0.25) is 0 Å². The lowest BCUT2D eigenvalue weighted by Gasteiger charge is -2.39. The first-order chi connectivity index (χ1) is 15.1. The van der Waals surface area contributed by atoms with Gasteiger partial charge in [0.2, 0.25) is 5.90 Å². The van der Waals surface area contributed by atoms with Gasteiger partial charge in [0, 0.05) is 5.56 Å². The Morgan fingerprint density at radius 2 is 1.85 bits per heavy atom. The van der Waals surface area contributed by atoms with Crippen LogP contribution in [0.25, 0.3) is 0 Å². The molecule has 2 bridgehead atoms. The molecule has 2 saturated heterocycles. The molecule has 180 valence electrons. The van der Waals surface area contributed by atoms with Crippen LogP contribution in [0.15, 0.2) is 23.2 Å². The zero-order chi connectivity index (χ0) is 24.6. The zero-order valence-corrected chi connectivity index (χ0v) is 20.0. The highest BCUT2D eigenvalue weighted by Gasteiger charge is 2.67. The highest BCUT2D eigenvalue weighted by Crippen LogP contribution is 2.52.